The molecule has 0 unspecified atom stereocenters. The topological polar surface area (TPSA) is 55.1 Å². The lowest BCUT2D eigenvalue weighted by Crippen LogP contribution is -2.53. The van der Waals surface area contributed by atoms with Gasteiger partial charge in [-0.05, 0) is 61.3 Å². The fourth-order valence-corrected chi connectivity index (χ4v) is 3.79. The van der Waals surface area contributed by atoms with E-state index in [-0.39, 0.29) is 5.91 Å². The van der Waals surface area contributed by atoms with Crippen molar-refractivity contribution in [2.24, 2.45) is 17.1 Å². The lowest BCUT2D eigenvalue weighted by atomic mass is 9.62. The second-order valence-electron chi connectivity index (χ2n) is 6.25. The predicted molar refractivity (Wildman–Crippen MR) is 84.7 cm³/mol. The predicted octanol–water partition coefficient (Wildman–Crippen LogP) is 2.82. The lowest BCUT2D eigenvalue weighted by molar-refractivity contribution is -0.127. The van der Waals surface area contributed by atoms with Crippen LogP contribution in [0.3, 0.4) is 0 Å². The van der Waals surface area contributed by atoms with E-state index < -0.39 is 5.41 Å². The Morgan fingerprint density at radius 3 is 2.70 bits per heavy atom. The standard InChI is InChI=1S/C16H20N2OS/c1-10-8-16(9-10,14(17)20)15(19)18-13-6-5-11-3-2-4-12(11)7-13/h5-7,10H,2-4,8-9H2,1H3,(H2,17,20)(H,18,19). The number of fused-ring (bicyclic) bond motifs is 1. The van der Waals surface area contributed by atoms with E-state index in [0.717, 1.165) is 31.4 Å². The largest absolute Gasteiger partial charge is 0.392 e. The Morgan fingerprint density at radius 1 is 1.35 bits per heavy atom. The SMILES string of the molecule is CC1CC(C(=O)Nc2ccc3c(c2)CCC3)(C(N)=S)C1. The van der Waals surface area contributed by atoms with Gasteiger partial charge in [0, 0.05) is 5.69 Å². The van der Waals surface area contributed by atoms with Crippen molar-refractivity contribution in [1.29, 1.82) is 0 Å². The minimum atomic E-state index is -0.631. The highest BCUT2D eigenvalue weighted by atomic mass is 32.1. The van der Waals surface area contributed by atoms with Gasteiger partial charge in [0.1, 0.15) is 0 Å². The van der Waals surface area contributed by atoms with Gasteiger partial charge in [-0.15, -0.1) is 0 Å². The average molecular weight is 288 g/mol. The van der Waals surface area contributed by atoms with Crippen LogP contribution in [0.5, 0.6) is 0 Å². The molecule has 4 heteroatoms. The van der Waals surface area contributed by atoms with Crippen LogP contribution in [0, 0.1) is 11.3 Å². The van der Waals surface area contributed by atoms with Crippen LogP contribution in [0.25, 0.3) is 0 Å². The number of benzene rings is 1. The summed E-state index contributed by atoms with van der Waals surface area (Å²) in [6.45, 7) is 2.12. The zero-order chi connectivity index (χ0) is 14.3. The maximum atomic E-state index is 12.5. The van der Waals surface area contributed by atoms with Crippen molar-refractivity contribution in [3.63, 3.8) is 0 Å². The van der Waals surface area contributed by atoms with Gasteiger partial charge < -0.3 is 11.1 Å². The van der Waals surface area contributed by atoms with Crippen LogP contribution in [-0.2, 0) is 17.6 Å². The summed E-state index contributed by atoms with van der Waals surface area (Å²) < 4.78 is 0. The van der Waals surface area contributed by atoms with Gasteiger partial charge in [-0.3, -0.25) is 4.79 Å². The molecule has 3 N–H and O–H groups in total. The van der Waals surface area contributed by atoms with Crippen molar-refractivity contribution < 1.29 is 4.79 Å². The first-order valence-electron chi connectivity index (χ1n) is 7.24. The molecule has 106 valence electrons. The third kappa shape index (κ3) is 2.12. The molecular weight excluding hydrogens is 268 g/mol. The first-order chi connectivity index (χ1) is 9.51. The Hall–Kier alpha value is -1.42. The van der Waals surface area contributed by atoms with E-state index in [9.17, 15) is 4.79 Å². The summed E-state index contributed by atoms with van der Waals surface area (Å²) in [5.74, 6) is 0.475. The zero-order valence-corrected chi connectivity index (χ0v) is 12.6. The van der Waals surface area contributed by atoms with Gasteiger partial charge in [0.15, 0.2) is 0 Å². The molecule has 1 saturated carbocycles. The Kier molecular flexibility index (Phi) is 3.28. The van der Waals surface area contributed by atoms with E-state index in [4.69, 9.17) is 18.0 Å². The second-order valence-corrected chi connectivity index (χ2v) is 6.69. The molecule has 0 heterocycles. The molecular formula is C16H20N2OS. The Labute approximate surface area is 124 Å². The first-order valence-corrected chi connectivity index (χ1v) is 7.65. The third-order valence-electron chi connectivity index (χ3n) is 4.66. The smallest absolute Gasteiger partial charge is 0.237 e. The van der Waals surface area contributed by atoms with E-state index >= 15 is 0 Å². The summed E-state index contributed by atoms with van der Waals surface area (Å²) in [6, 6.07) is 6.20. The van der Waals surface area contributed by atoms with Gasteiger partial charge in [-0.25, -0.2) is 0 Å². The van der Waals surface area contributed by atoms with Crippen LogP contribution < -0.4 is 11.1 Å². The molecule has 0 saturated heterocycles. The number of carbonyl (C=O) groups excluding carboxylic acids is 1. The van der Waals surface area contributed by atoms with Crippen molar-refractivity contribution in [2.45, 2.75) is 39.0 Å². The molecule has 1 amide bonds. The highest BCUT2D eigenvalue weighted by Gasteiger charge is 2.50. The van der Waals surface area contributed by atoms with Gasteiger partial charge in [-0.1, -0.05) is 25.2 Å². The number of carbonyl (C=O) groups is 1. The number of amides is 1. The van der Waals surface area contributed by atoms with E-state index in [2.05, 4.69) is 24.4 Å². The Balaban J connectivity index is 1.77. The molecule has 0 spiro atoms. The molecule has 1 aromatic carbocycles. The second kappa shape index (κ2) is 4.85. The van der Waals surface area contributed by atoms with Gasteiger partial charge in [0.25, 0.3) is 0 Å². The van der Waals surface area contributed by atoms with Crippen LogP contribution in [0.1, 0.15) is 37.3 Å². The summed E-state index contributed by atoms with van der Waals surface area (Å²) in [6.07, 6.45) is 4.99. The normalized spacial score (nSPS) is 27.6. The van der Waals surface area contributed by atoms with Crippen molar-refractivity contribution in [3.8, 4) is 0 Å². The fraction of sp³-hybridized carbons (Fsp3) is 0.500. The number of aryl methyl sites for hydroxylation is 2. The minimum absolute atomic E-state index is 0.0407. The molecule has 3 rings (SSSR count). The zero-order valence-electron chi connectivity index (χ0n) is 11.7. The first kappa shape index (κ1) is 13.6. The molecule has 0 bridgehead atoms. The number of nitrogens with two attached hydrogens (primary N) is 1. The number of thiocarbonyl (C=S) groups is 1. The summed E-state index contributed by atoms with van der Waals surface area (Å²) in [5.41, 5.74) is 8.81. The summed E-state index contributed by atoms with van der Waals surface area (Å²) in [4.78, 5) is 12.9. The molecule has 0 radical (unpaired) electrons. The average Bonchev–Trinajstić information content (AvgIpc) is 2.81. The van der Waals surface area contributed by atoms with E-state index in [1.165, 1.54) is 17.5 Å². The highest BCUT2D eigenvalue weighted by molar-refractivity contribution is 7.80. The van der Waals surface area contributed by atoms with E-state index in [0.29, 0.717) is 10.9 Å². The maximum Gasteiger partial charge on any atom is 0.237 e. The monoisotopic (exact) mass is 288 g/mol. The molecule has 20 heavy (non-hydrogen) atoms. The van der Waals surface area contributed by atoms with Crippen LogP contribution in [0.4, 0.5) is 5.69 Å². The number of anilines is 1. The Bertz CT molecular complexity index is 576. The summed E-state index contributed by atoms with van der Waals surface area (Å²) >= 11 is 5.12. The van der Waals surface area contributed by atoms with Crippen LogP contribution in [0.15, 0.2) is 18.2 Å². The van der Waals surface area contributed by atoms with E-state index in [1.54, 1.807) is 0 Å². The number of nitrogens with one attached hydrogen (secondary N) is 1. The molecule has 3 nitrogen and oxygen atoms in total. The molecule has 2 aliphatic rings. The van der Waals surface area contributed by atoms with Crippen LogP contribution in [-0.4, -0.2) is 10.9 Å². The molecule has 2 aliphatic carbocycles. The van der Waals surface area contributed by atoms with Gasteiger partial charge >= 0.3 is 0 Å². The van der Waals surface area contributed by atoms with Gasteiger partial charge in [-0.2, -0.15) is 0 Å². The van der Waals surface area contributed by atoms with Crippen molar-refractivity contribution in [1.82, 2.24) is 0 Å². The molecule has 1 aromatic rings. The Morgan fingerprint density at radius 2 is 2.05 bits per heavy atom. The van der Waals surface area contributed by atoms with Crippen molar-refractivity contribution in [2.75, 3.05) is 5.32 Å². The van der Waals surface area contributed by atoms with E-state index in [1.807, 2.05) is 6.07 Å². The van der Waals surface area contributed by atoms with Gasteiger partial charge in [0.05, 0.1) is 10.4 Å². The van der Waals surface area contributed by atoms with Crippen molar-refractivity contribution in [3.05, 3.63) is 29.3 Å². The van der Waals surface area contributed by atoms with Crippen LogP contribution in [0.2, 0.25) is 0 Å². The number of hydrogen-bond donors (Lipinski definition) is 2. The van der Waals surface area contributed by atoms with Gasteiger partial charge in [0.2, 0.25) is 5.91 Å². The molecule has 0 aromatic heterocycles. The van der Waals surface area contributed by atoms with Crippen LogP contribution >= 0.6 is 12.2 Å². The summed E-state index contributed by atoms with van der Waals surface area (Å²) in [5, 5.41) is 3.01. The minimum Gasteiger partial charge on any atom is -0.392 e. The highest BCUT2D eigenvalue weighted by Crippen LogP contribution is 2.46. The summed E-state index contributed by atoms with van der Waals surface area (Å²) in [7, 11) is 0. The number of hydrogen-bond acceptors (Lipinski definition) is 2. The quantitative estimate of drug-likeness (QED) is 0.841. The van der Waals surface area contributed by atoms with Crippen molar-refractivity contribution >= 4 is 28.8 Å². The molecule has 1 fully saturated rings. The lowest BCUT2D eigenvalue weighted by Gasteiger charge is -2.44. The molecule has 0 aliphatic heterocycles. The maximum absolute atomic E-state index is 12.5. The fourth-order valence-electron chi connectivity index (χ4n) is 3.53. The molecule has 0 atom stereocenters. The third-order valence-corrected chi connectivity index (χ3v) is 5.05. The number of rotatable bonds is 3.